The maximum atomic E-state index is 5.63. The molecule has 0 spiro atoms. The highest BCUT2D eigenvalue weighted by Crippen LogP contribution is 2.16. The van der Waals surface area contributed by atoms with Gasteiger partial charge in [0.15, 0.2) is 0 Å². The first kappa shape index (κ1) is 11.2. The van der Waals surface area contributed by atoms with Gasteiger partial charge in [-0.05, 0) is 0 Å². The van der Waals surface area contributed by atoms with E-state index in [9.17, 15) is 0 Å². The SMILES string of the molecule is Cl.NCCN1CCO[C@@H]2CNC[C@H]21. The van der Waals surface area contributed by atoms with Crippen molar-refractivity contribution in [2.45, 2.75) is 12.1 Å². The zero-order valence-electron chi connectivity index (χ0n) is 7.74. The van der Waals surface area contributed by atoms with Crippen molar-refractivity contribution in [1.29, 1.82) is 0 Å². The topological polar surface area (TPSA) is 50.5 Å². The fourth-order valence-corrected chi connectivity index (χ4v) is 2.11. The predicted octanol–water partition coefficient (Wildman–Crippen LogP) is -0.960. The van der Waals surface area contributed by atoms with E-state index < -0.39 is 0 Å². The van der Waals surface area contributed by atoms with Crippen LogP contribution in [0.2, 0.25) is 0 Å². The average molecular weight is 208 g/mol. The Morgan fingerprint density at radius 1 is 1.46 bits per heavy atom. The molecule has 0 amide bonds. The molecule has 78 valence electrons. The van der Waals surface area contributed by atoms with Crippen molar-refractivity contribution in [2.75, 3.05) is 39.3 Å². The van der Waals surface area contributed by atoms with Crippen LogP contribution in [0, 0.1) is 0 Å². The maximum absolute atomic E-state index is 5.63. The molecule has 0 saturated carbocycles. The zero-order valence-corrected chi connectivity index (χ0v) is 8.55. The lowest BCUT2D eigenvalue weighted by atomic mass is 10.1. The molecule has 2 rings (SSSR count). The molecule has 2 heterocycles. The van der Waals surface area contributed by atoms with Crippen LogP contribution >= 0.6 is 12.4 Å². The van der Waals surface area contributed by atoms with E-state index in [0.717, 1.165) is 39.3 Å². The van der Waals surface area contributed by atoms with Crippen LogP contribution in [0.1, 0.15) is 0 Å². The molecule has 2 aliphatic rings. The third kappa shape index (κ3) is 2.33. The molecule has 0 aromatic heterocycles. The first-order valence-corrected chi connectivity index (χ1v) is 4.68. The maximum Gasteiger partial charge on any atom is 0.0867 e. The molecule has 2 atom stereocenters. The van der Waals surface area contributed by atoms with Crippen LogP contribution in [0.5, 0.6) is 0 Å². The molecule has 3 N–H and O–H groups in total. The van der Waals surface area contributed by atoms with Crippen molar-refractivity contribution in [3.63, 3.8) is 0 Å². The van der Waals surface area contributed by atoms with Gasteiger partial charge >= 0.3 is 0 Å². The van der Waals surface area contributed by atoms with Gasteiger partial charge in [0.1, 0.15) is 0 Å². The lowest BCUT2D eigenvalue weighted by Crippen LogP contribution is -2.52. The molecule has 0 bridgehead atoms. The molecule has 0 aromatic rings. The Kier molecular flexibility index (Phi) is 4.41. The summed E-state index contributed by atoms with van der Waals surface area (Å²) in [5.74, 6) is 0. The van der Waals surface area contributed by atoms with Gasteiger partial charge in [-0.2, -0.15) is 0 Å². The van der Waals surface area contributed by atoms with Crippen molar-refractivity contribution >= 4 is 12.4 Å². The summed E-state index contributed by atoms with van der Waals surface area (Å²) >= 11 is 0. The van der Waals surface area contributed by atoms with Crippen LogP contribution in [0.4, 0.5) is 0 Å². The van der Waals surface area contributed by atoms with Gasteiger partial charge < -0.3 is 15.8 Å². The van der Waals surface area contributed by atoms with E-state index >= 15 is 0 Å². The molecule has 5 heteroatoms. The van der Waals surface area contributed by atoms with Crippen molar-refractivity contribution < 1.29 is 4.74 Å². The quantitative estimate of drug-likeness (QED) is 0.613. The molecular weight excluding hydrogens is 190 g/mol. The normalized spacial score (nSPS) is 33.9. The monoisotopic (exact) mass is 207 g/mol. The largest absolute Gasteiger partial charge is 0.374 e. The van der Waals surface area contributed by atoms with Crippen molar-refractivity contribution in [3.05, 3.63) is 0 Å². The Hall–Kier alpha value is 0.130. The van der Waals surface area contributed by atoms with Crippen LogP contribution in [0.3, 0.4) is 0 Å². The number of nitrogens with zero attached hydrogens (tertiary/aromatic N) is 1. The smallest absolute Gasteiger partial charge is 0.0867 e. The Balaban J connectivity index is 0.000000845. The van der Waals surface area contributed by atoms with E-state index in [2.05, 4.69) is 10.2 Å². The van der Waals surface area contributed by atoms with Gasteiger partial charge in [-0.15, -0.1) is 12.4 Å². The summed E-state index contributed by atoms with van der Waals surface area (Å²) in [4.78, 5) is 2.44. The van der Waals surface area contributed by atoms with Crippen LogP contribution < -0.4 is 11.1 Å². The van der Waals surface area contributed by atoms with Crippen molar-refractivity contribution in [2.24, 2.45) is 5.73 Å². The van der Waals surface area contributed by atoms with Gasteiger partial charge in [0, 0.05) is 38.8 Å². The van der Waals surface area contributed by atoms with E-state index in [1.54, 1.807) is 0 Å². The van der Waals surface area contributed by atoms with Gasteiger partial charge in [0.25, 0.3) is 0 Å². The van der Waals surface area contributed by atoms with E-state index in [1.807, 2.05) is 0 Å². The number of nitrogens with two attached hydrogens (primary N) is 1. The molecule has 2 saturated heterocycles. The summed E-state index contributed by atoms with van der Waals surface area (Å²) in [6.07, 6.45) is 0.408. The number of hydrogen-bond donors (Lipinski definition) is 2. The minimum Gasteiger partial charge on any atom is -0.374 e. The van der Waals surface area contributed by atoms with Gasteiger partial charge in [-0.25, -0.2) is 0 Å². The molecule has 0 aromatic carbocycles. The lowest BCUT2D eigenvalue weighted by Gasteiger charge is -2.36. The van der Waals surface area contributed by atoms with E-state index in [0.29, 0.717) is 12.1 Å². The van der Waals surface area contributed by atoms with Crippen LogP contribution in [0.15, 0.2) is 0 Å². The summed E-state index contributed by atoms with van der Waals surface area (Å²) in [5, 5.41) is 3.35. The molecule has 0 radical (unpaired) electrons. The predicted molar refractivity (Wildman–Crippen MR) is 54.3 cm³/mol. The molecule has 2 aliphatic heterocycles. The fourth-order valence-electron chi connectivity index (χ4n) is 2.11. The van der Waals surface area contributed by atoms with Crippen LogP contribution in [0.25, 0.3) is 0 Å². The van der Waals surface area contributed by atoms with Crippen molar-refractivity contribution in [1.82, 2.24) is 10.2 Å². The first-order chi connectivity index (χ1) is 5.92. The number of nitrogens with one attached hydrogen (secondary N) is 1. The van der Waals surface area contributed by atoms with E-state index in [1.165, 1.54) is 0 Å². The standard InChI is InChI=1S/C8H17N3O.ClH/c9-1-2-11-3-4-12-8-6-10-5-7(8)11;/h7-8,10H,1-6,9H2;1H/t7-,8-;/m1./s1. The molecular formula is C8H18ClN3O. The Bertz CT molecular complexity index is 156. The van der Waals surface area contributed by atoms with Crippen LogP contribution in [-0.4, -0.2) is 56.4 Å². The summed E-state index contributed by atoms with van der Waals surface area (Å²) in [7, 11) is 0. The second-order valence-corrected chi connectivity index (χ2v) is 3.46. The minimum absolute atomic E-state index is 0. The third-order valence-corrected chi connectivity index (χ3v) is 2.72. The number of ether oxygens (including phenoxy) is 1. The summed E-state index contributed by atoms with van der Waals surface area (Å²) in [5.41, 5.74) is 5.54. The number of hydrogen-bond acceptors (Lipinski definition) is 4. The Labute approximate surface area is 85.2 Å². The molecule has 13 heavy (non-hydrogen) atoms. The second-order valence-electron chi connectivity index (χ2n) is 3.46. The van der Waals surface area contributed by atoms with E-state index in [-0.39, 0.29) is 12.4 Å². The number of rotatable bonds is 2. The summed E-state index contributed by atoms with van der Waals surface area (Å²) in [6.45, 7) is 5.73. The fraction of sp³-hybridized carbons (Fsp3) is 1.00. The van der Waals surface area contributed by atoms with Gasteiger partial charge in [0.05, 0.1) is 12.7 Å². The van der Waals surface area contributed by atoms with Crippen LogP contribution in [-0.2, 0) is 4.74 Å². The van der Waals surface area contributed by atoms with Gasteiger partial charge in [-0.1, -0.05) is 0 Å². The first-order valence-electron chi connectivity index (χ1n) is 4.68. The molecule has 0 aliphatic carbocycles. The minimum atomic E-state index is 0. The summed E-state index contributed by atoms with van der Waals surface area (Å²) < 4.78 is 5.63. The lowest BCUT2D eigenvalue weighted by molar-refractivity contribution is -0.0453. The Morgan fingerprint density at radius 3 is 3.08 bits per heavy atom. The number of fused-ring (bicyclic) bond motifs is 1. The third-order valence-electron chi connectivity index (χ3n) is 2.72. The average Bonchev–Trinajstić information content (AvgIpc) is 2.53. The van der Waals surface area contributed by atoms with E-state index in [4.69, 9.17) is 10.5 Å². The van der Waals surface area contributed by atoms with Gasteiger partial charge in [0.2, 0.25) is 0 Å². The van der Waals surface area contributed by atoms with Crippen molar-refractivity contribution in [3.8, 4) is 0 Å². The molecule has 2 fully saturated rings. The Morgan fingerprint density at radius 2 is 2.31 bits per heavy atom. The highest BCUT2D eigenvalue weighted by molar-refractivity contribution is 5.85. The molecule has 4 nitrogen and oxygen atoms in total. The number of morpholine rings is 1. The highest BCUT2D eigenvalue weighted by atomic mass is 35.5. The highest BCUT2D eigenvalue weighted by Gasteiger charge is 2.35. The van der Waals surface area contributed by atoms with Gasteiger partial charge in [-0.3, -0.25) is 4.90 Å². The second kappa shape index (κ2) is 5.12. The number of halogens is 1. The molecule has 0 unspecified atom stereocenters. The zero-order chi connectivity index (χ0) is 8.39. The summed E-state index contributed by atoms with van der Waals surface area (Å²) in [6, 6.07) is 0.572.